The molecule has 6 heteroatoms. The summed E-state index contributed by atoms with van der Waals surface area (Å²) in [5, 5.41) is 2.96. The van der Waals surface area contributed by atoms with Crippen LogP contribution in [0.2, 0.25) is 0 Å². The molecule has 2 aromatic rings. The standard InChI is InChI=1S/C22H25N3O3/c1-16-4-2-5-18(10-16)21(27)25-14-22(15-25)8-7-17(13-28-22)11-24-20(26)19-6-3-9-23-12-19/h2-6,9-10,12,17H,7-8,11,13-15H2,1H3,(H,24,26). The lowest BCUT2D eigenvalue weighted by Gasteiger charge is -2.52. The van der Waals surface area contributed by atoms with Gasteiger partial charge in [-0.15, -0.1) is 0 Å². The molecule has 1 unspecified atom stereocenters. The van der Waals surface area contributed by atoms with Gasteiger partial charge in [0.2, 0.25) is 0 Å². The molecule has 1 aromatic carbocycles. The van der Waals surface area contributed by atoms with Crippen molar-refractivity contribution in [3.63, 3.8) is 0 Å². The number of aromatic nitrogens is 1. The summed E-state index contributed by atoms with van der Waals surface area (Å²) in [6.07, 6.45) is 5.12. The van der Waals surface area contributed by atoms with Crippen LogP contribution in [0, 0.1) is 12.8 Å². The minimum atomic E-state index is -0.205. The highest BCUT2D eigenvalue weighted by atomic mass is 16.5. The molecule has 2 fully saturated rings. The zero-order valence-corrected chi connectivity index (χ0v) is 16.1. The Balaban J connectivity index is 1.23. The molecule has 2 saturated heterocycles. The Bertz CT molecular complexity index is 852. The Hall–Kier alpha value is -2.73. The van der Waals surface area contributed by atoms with Gasteiger partial charge in [0.05, 0.1) is 25.3 Å². The van der Waals surface area contributed by atoms with Gasteiger partial charge in [0.15, 0.2) is 0 Å². The minimum absolute atomic E-state index is 0.0729. The summed E-state index contributed by atoms with van der Waals surface area (Å²) in [6.45, 7) is 4.49. The molecule has 0 bridgehead atoms. The van der Waals surface area contributed by atoms with E-state index in [1.165, 1.54) is 0 Å². The number of benzene rings is 1. The first-order chi connectivity index (χ1) is 13.5. The smallest absolute Gasteiger partial charge is 0.254 e. The molecule has 1 spiro atoms. The lowest BCUT2D eigenvalue weighted by molar-refractivity contribution is -0.166. The van der Waals surface area contributed by atoms with Crippen molar-refractivity contribution in [2.75, 3.05) is 26.2 Å². The van der Waals surface area contributed by atoms with E-state index in [2.05, 4.69) is 10.3 Å². The number of carbonyl (C=O) groups excluding carboxylic acids is 2. The van der Waals surface area contributed by atoms with Crippen LogP contribution in [0.25, 0.3) is 0 Å². The Morgan fingerprint density at radius 3 is 2.75 bits per heavy atom. The lowest BCUT2D eigenvalue weighted by Crippen LogP contribution is -2.66. The van der Waals surface area contributed by atoms with E-state index in [4.69, 9.17) is 4.74 Å². The summed E-state index contributed by atoms with van der Waals surface area (Å²) >= 11 is 0. The van der Waals surface area contributed by atoms with E-state index < -0.39 is 0 Å². The number of ether oxygens (including phenoxy) is 1. The second-order valence-electron chi connectivity index (χ2n) is 7.88. The fourth-order valence-corrected chi connectivity index (χ4v) is 3.92. The number of carbonyl (C=O) groups is 2. The van der Waals surface area contributed by atoms with Gasteiger partial charge in [-0.05, 0) is 49.9 Å². The Kier molecular flexibility index (Phi) is 5.13. The molecule has 1 atom stereocenters. The maximum atomic E-state index is 12.6. The van der Waals surface area contributed by atoms with Gasteiger partial charge < -0.3 is 15.0 Å². The van der Waals surface area contributed by atoms with Crippen LogP contribution in [0.1, 0.15) is 39.1 Å². The van der Waals surface area contributed by atoms with E-state index in [9.17, 15) is 9.59 Å². The number of nitrogens with one attached hydrogen (secondary N) is 1. The normalized spacial score (nSPS) is 20.5. The molecule has 6 nitrogen and oxygen atoms in total. The van der Waals surface area contributed by atoms with Crippen molar-refractivity contribution < 1.29 is 14.3 Å². The minimum Gasteiger partial charge on any atom is -0.371 e. The molecule has 4 rings (SSSR count). The summed E-state index contributed by atoms with van der Waals surface area (Å²) in [6, 6.07) is 11.2. The maximum absolute atomic E-state index is 12.6. The van der Waals surface area contributed by atoms with Crippen LogP contribution in [0.4, 0.5) is 0 Å². The second-order valence-corrected chi connectivity index (χ2v) is 7.88. The maximum Gasteiger partial charge on any atom is 0.254 e. The van der Waals surface area contributed by atoms with E-state index in [-0.39, 0.29) is 17.4 Å². The first kappa shape index (κ1) is 18.6. The fraction of sp³-hybridized carbons (Fsp3) is 0.409. The van der Waals surface area contributed by atoms with Crippen LogP contribution in [-0.4, -0.2) is 53.5 Å². The molecule has 146 valence electrons. The van der Waals surface area contributed by atoms with Crippen LogP contribution < -0.4 is 5.32 Å². The lowest BCUT2D eigenvalue weighted by atomic mass is 9.82. The third-order valence-corrected chi connectivity index (χ3v) is 5.62. The van der Waals surface area contributed by atoms with Gasteiger partial charge >= 0.3 is 0 Å². The molecule has 2 amide bonds. The molecular formula is C22H25N3O3. The van der Waals surface area contributed by atoms with Gasteiger partial charge in [-0.25, -0.2) is 0 Å². The quantitative estimate of drug-likeness (QED) is 0.886. The Morgan fingerprint density at radius 2 is 2.07 bits per heavy atom. The van der Waals surface area contributed by atoms with Gasteiger partial charge in [-0.1, -0.05) is 17.7 Å². The van der Waals surface area contributed by atoms with Gasteiger partial charge in [0, 0.05) is 24.5 Å². The molecule has 0 saturated carbocycles. The number of aryl methyl sites for hydroxylation is 1. The van der Waals surface area contributed by atoms with E-state index in [1.807, 2.05) is 36.1 Å². The van der Waals surface area contributed by atoms with Gasteiger partial charge in [-0.2, -0.15) is 0 Å². The van der Waals surface area contributed by atoms with Crippen molar-refractivity contribution in [2.45, 2.75) is 25.4 Å². The predicted molar refractivity (Wildman–Crippen MR) is 105 cm³/mol. The molecule has 2 aliphatic heterocycles. The monoisotopic (exact) mass is 379 g/mol. The van der Waals surface area contributed by atoms with E-state index in [1.54, 1.807) is 24.5 Å². The number of amides is 2. The van der Waals surface area contributed by atoms with Crippen molar-refractivity contribution >= 4 is 11.8 Å². The first-order valence-electron chi connectivity index (χ1n) is 9.73. The molecule has 2 aliphatic rings. The highest BCUT2D eigenvalue weighted by Gasteiger charge is 2.48. The van der Waals surface area contributed by atoms with Crippen molar-refractivity contribution in [3.05, 3.63) is 65.5 Å². The number of pyridine rings is 1. The molecule has 1 N–H and O–H groups in total. The van der Waals surface area contributed by atoms with Crippen LogP contribution in [0.3, 0.4) is 0 Å². The molecule has 0 radical (unpaired) electrons. The molecule has 3 heterocycles. The topological polar surface area (TPSA) is 71.5 Å². The van der Waals surface area contributed by atoms with E-state index in [0.29, 0.717) is 37.7 Å². The molecule has 1 aromatic heterocycles. The zero-order chi connectivity index (χ0) is 19.6. The fourth-order valence-electron chi connectivity index (χ4n) is 3.92. The van der Waals surface area contributed by atoms with Crippen LogP contribution in [-0.2, 0) is 4.74 Å². The first-order valence-corrected chi connectivity index (χ1v) is 9.73. The van der Waals surface area contributed by atoms with Crippen molar-refractivity contribution in [2.24, 2.45) is 5.92 Å². The SMILES string of the molecule is Cc1cccc(C(=O)N2CC3(CCC(CNC(=O)c4cccnc4)CO3)C2)c1. The van der Waals surface area contributed by atoms with Gasteiger partial charge in [-0.3, -0.25) is 14.6 Å². The predicted octanol–water partition coefficient (Wildman–Crippen LogP) is 2.44. The zero-order valence-electron chi connectivity index (χ0n) is 16.1. The molecule has 28 heavy (non-hydrogen) atoms. The number of hydrogen-bond donors (Lipinski definition) is 1. The van der Waals surface area contributed by atoms with E-state index in [0.717, 1.165) is 24.0 Å². The Labute approximate surface area is 164 Å². The molecular weight excluding hydrogens is 354 g/mol. The molecule has 0 aliphatic carbocycles. The summed E-state index contributed by atoms with van der Waals surface area (Å²) < 4.78 is 6.13. The van der Waals surface area contributed by atoms with E-state index >= 15 is 0 Å². The highest BCUT2D eigenvalue weighted by Crippen LogP contribution is 2.36. The van der Waals surface area contributed by atoms with Gasteiger partial charge in [0.1, 0.15) is 5.60 Å². The van der Waals surface area contributed by atoms with Crippen molar-refractivity contribution in [1.29, 1.82) is 0 Å². The summed E-state index contributed by atoms with van der Waals surface area (Å²) in [4.78, 5) is 30.6. The van der Waals surface area contributed by atoms with Crippen molar-refractivity contribution in [3.8, 4) is 0 Å². The average molecular weight is 379 g/mol. The number of hydrogen-bond acceptors (Lipinski definition) is 4. The third-order valence-electron chi connectivity index (χ3n) is 5.62. The highest BCUT2D eigenvalue weighted by molar-refractivity contribution is 5.95. The number of likely N-dealkylation sites (tertiary alicyclic amines) is 1. The number of nitrogens with zero attached hydrogens (tertiary/aromatic N) is 2. The van der Waals surface area contributed by atoms with Crippen LogP contribution in [0.15, 0.2) is 48.8 Å². The summed E-state index contributed by atoms with van der Waals surface area (Å²) in [7, 11) is 0. The second kappa shape index (κ2) is 7.72. The Morgan fingerprint density at radius 1 is 1.25 bits per heavy atom. The number of rotatable bonds is 4. The van der Waals surface area contributed by atoms with Gasteiger partial charge in [0.25, 0.3) is 11.8 Å². The largest absolute Gasteiger partial charge is 0.371 e. The third kappa shape index (κ3) is 3.92. The summed E-state index contributed by atoms with van der Waals surface area (Å²) in [5.41, 5.74) is 2.19. The average Bonchev–Trinajstić information content (AvgIpc) is 2.71. The van der Waals surface area contributed by atoms with Crippen LogP contribution in [0.5, 0.6) is 0 Å². The summed E-state index contributed by atoms with van der Waals surface area (Å²) in [5.74, 6) is 0.267. The van der Waals surface area contributed by atoms with Crippen molar-refractivity contribution in [1.82, 2.24) is 15.2 Å². The van der Waals surface area contributed by atoms with Crippen LogP contribution >= 0.6 is 0 Å².